The molecule has 0 fully saturated rings. The van der Waals surface area contributed by atoms with E-state index < -0.39 is 5.92 Å². The molecule has 178 valence electrons. The number of benzene rings is 2. The van der Waals surface area contributed by atoms with Gasteiger partial charge in [0, 0.05) is 29.3 Å². The van der Waals surface area contributed by atoms with E-state index in [0.29, 0.717) is 35.5 Å². The van der Waals surface area contributed by atoms with Crippen LogP contribution in [0.5, 0.6) is 11.5 Å². The fourth-order valence-corrected chi connectivity index (χ4v) is 5.08. The molecule has 6 nitrogen and oxygen atoms in total. The topological polar surface area (TPSA) is 73.9 Å². The summed E-state index contributed by atoms with van der Waals surface area (Å²) in [6.07, 6.45) is 1.01. The van der Waals surface area contributed by atoms with Crippen molar-refractivity contribution in [1.82, 2.24) is 5.32 Å². The van der Waals surface area contributed by atoms with Crippen molar-refractivity contribution in [2.75, 3.05) is 20.8 Å². The number of carbonyl (C=O) groups is 2. The van der Waals surface area contributed by atoms with Crippen LogP contribution < -0.4 is 14.8 Å². The van der Waals surface area contributed by atoms with Crippen molar-refractivity contribution in [1.29, 1.82) is 0 Å². The van der Waals surface area contributed by atoms with Crippen LogP contribution in [0.15, 0.2) is 65.0 Å². The van der Waals surface area contributed by atoms with Gasteiger partial charge in [0.25, 0.3) is 0 Å². The second kappa shape index (κ2) is 9.75. The molecular weight excluding hydrogens is 430 g/mol. The highest BCUT2D eigenvalue weighted by atomic mass is 16.5. The summed E-state index contributed by atoms with van der Waals surface area (Å²) in [7, 11) is 3.21. The number of methoxy groups -OCH3 is 2. The van der Waals surface area contributed by atoms with E-state index in [1.165, 1.54) is 0 Å². The van der Waals surface area contributed by atoms with Crippen LogP contribution in [0.4, 0.5) is 0 Å². The molecule has 0 radical (unpaired) electrons. The van der Waals surface area contributed by atoms with Crippen LogP contribution >= 0.6 is 0 Å². The number of esters is 1. The normalized spacial score (nSPS) is 20.0. The van der Waals surface area contributed by atoms with Gasteiger partial charge in [-0.2, -0.15) is 0 Å². The summed E-state index contributed by atoms with van der Waals surface area (Å²) in [5, 5.41) is 3.39. The SMILES string of the molecule is CCOC(=O)C1=C(C)NC2=C(C(=O)C[C@@H](c3ccc(OC)c(OC)c3)C2)[C@@H]1c1ccccc1C. The Labute approximate surface area is 200 Å². The van der Waals surface area contributed by atoms with Crippen LogP contribution in [0, 0.1) is 6.92 Å². The van der Waals surface area contributed by atoms with E-state index in [2.05, 4.69) is 5.32 Å². The molecule has 0 aromatic heterocycles. The maximum absolute atomic E-state index is 13.7. The van der Waals surface area contributed by atoms with Gasteiger partial charge in [0.05, 0.1) is 26.4 Å². The Morgan fingerprint density at radius 3 is 2.44 bits per heavy atom. The van der Waals surface area contributed by atoms with E-state index in [4.69, 9.17) is 14.2 Å². The highest BCUT2D eigenvalue weighted by molar-refractivity contribution is 6.04. The third kappa shape index (κ3) is 4.20. The lowest BCUT2D eigenvalue weighted by Crippen LogP contribution is -2.36. The summed E-state index contributed by atoms with van der Waals surface area (Å²) in [4.78, 5) is 26.7. The van der Waals surface area contributed by atoms with Gasteiger partial charge in [-0.05, 0) is 61.9 Å². The molecule has 1 heterocycles. The number of dihydropyridines is 1. The van der Waals surface area contributed by atoms with E-state index >= 15 is 0 Å². The molecule has 34 heavy (non-hydrogen) atoms. The Bertz CT molecular complexity index is 1190. The first-order valence-electron chi connectivity index (χ1n) is 11.6. The average molecular weight is 462 g/mol. The van der Waals surface area contributed by atoms with Crippen LogP contribution in [0.1, 0.15) is 55.2 Å². The molecule has 1 aliphatic heterocycles. The van der Waals surface area contributed by atoms with Gasteiger partial charge in [-0.25, -0.2) is 4.79 Å². The van der Waals surface area contributed by atoms with Gasteiger partial charge in [0.1, 0.15) is 0 Å². The van der Waals surface area contributed by atoms with Crippen molar-refractivity contribution in [2.24, 2.45) is 0 Å². The minimum absolute atomic E-state index is 0.00646. The van der Waals surface area contributed by atoms with Crippen molar-refractivity contribution >= 4 is 11.8 Å². The number of nitrogens with one attached hydrogen (secondary N) is 1. The van der Waals surface area contributed by atoms with E-state index in [1.807, 2.05) is 56.3 Å². The molecule has 4 rings (SSSR count). The Balaban J connectivity index is 1.79. The van der Waals surface area contributed by atoms with Crippen molar-refractivity contribution in [3.63, 3.8) is 0 Å². The van der Waals surface area contributed by atoms with Crippen LogP contribution in [-0.2, 0) is 14.3 Å². The maximum atomic E-state index is 13.7. The van der Waals surface area contributed by atoms with Crippen molar-refractivity contribution in [2.45, 2.75) is 45.4 Å². The smallest absolute Gasteiger partial charge is 0.336 e. The summed E-state index contributed by atoms with van der Waals surface area (Å²) in [5.74, 6) is 0.491. The number of Topliss-reactive ketones (excluding diaryl/α,β-unsaturated/α-hetero) is 1. The van der Waals surface area contributed by atoms with Gasteiger partial charge < -0.3 is 19.5 Å². The minimum atomic E-state index is -0.449. The van der Waals surface area contributed by atoms with Gasteiger partial charge in [-0.3, -0.25) is 4.79 Å². The predicted octanol–water partition coefficient (Wildman–Crippen LogP) is 4.94. The molecule has 1 N–H and O–H groups in total. The third-order valence-electron chi connectivity index (χ3n) is 6.70. The number of rotatable bonds is 6. The largest absolute Gasteiger partial charge is 0.493 e. The van der Waals surface area contributed by atoms with Gasteiger partial charge in [0.2, 0.25) is 0 Å². The molecule has 2 aromatic rings. The second-order valence-corrected chi connectivity index (χ2v) is 8.71. The van der Waals surface area contributed by atoms with E-state index in [9.17, 15) is 9.59 Å². The number of hydrogen-bond acceptors (Lipinski definition) is 6. The van der Waals surface area contributed by atoms with Gasteiger partial charge in [-0.1, -0.05) is 30.3 Å². The van der Waals surface area contributed by atoms with Gasteiger partial charge in [0.15, 0.2) is 17.3 Å². The molecule has 0 bridgehead atoms. The van der Waals surface area contributed by atoms with Crippen molar-refractivity contribution in [3.05, 3.63) is 81.7 Å². The Morgan fingerprint density at radius 1 is 1.03 bits per heavy atom. The molecule has 2 aromatic carbocycles. The molecule has 2 aliphatic rings. The number of ether oxygens (including phenoxy) is 3. The molecule has 0 spiro atoms. The third-order valence-corrected chi connectivity index (χ3v) is 6.70. The zero-order valence-electron chi connectivity index (χ0n) is 20.4. The Hall–Kier alpha value is -3.54. The summed E-state index contributed by atoms with van der Waals surface area (Å²) in [6.45, 7) is 5.95. The standard InChI is InChI=1S/C28H31NO5/c1-6-34-28(31)25-17(3)29-21-13-19(18-11-12-23(32-4)24(15-18)33-5)14-22(30)27(21)26(25)20-10-8-7-9-16(20)2/h7-12,15,19,26,29H,6,13-14H2,1-5H3/t19-,26+/m0/s1. The molecular formula is C28H31NO5. The van der Waals surface area contributed by atoms with E-state index in [0.717, 1.165) is 28.1 Å². The van der Waals surface area contributed by atoms with Crippen molar-refractivity contribution < 1.29 is 23.8 Å². The fraction of sp³-hybridized carbons (Fsp3) is 0.357. The Morgan fingerprint density at radius 2 is 1.76 bits per heavy atom. The molecule has 1 aliphatic carbocycles. The second-order valence-electron chi connectivity index (χ2n) is 8.71. The first kappa shape index (κ1) is 23.6. The number of allylic oxidation sites excluding steroid dienone is 3. The quantitative estimate of drug-likeness (QED) is 0.615. The summed E-state index contributed by atoms with van der Waals surface area (Å²) in [6, 6.07) is 13.7. The van der Waals surface area contributed by atoms with Crippen LogP contribution in [0.3, 0.4) is 0 Å². The monoisotopic (exact) mass is 461 g/mol. The predicted molar refractivity (Wildman–Crippen MR) is 130 cm³/mol. The minimum Gasteiger partial charge on any atom is -0.493 e. The van der Waals surface area contributed by atoms with Crippen molar-refractivity contribution in [3.8, 4) is 11.5 Å². The Kier molecular flexibility index (Phi) is 6.77. The number of ketones is 1. The number of carbonyl (C=O) groups excluding carboxylic acids is 2. The number of hydrogen-bond donors (Lipinski definition) is 1. The summed E-state index contributed by atoms with van der Waals surface area (Å²) < 4.78 is 16.2. The zero-order valence-corrected chi connectivity index (χ0v) is 20.4. The lowest BCUT2D eigenvalue weighted by molar-refractivity contribution is -0.138. The fourth-order valence-electron chi connectivity index (χ4n) is 5.08. The van der Waals surface area contributed by atoms with E-state index in [1.54, 1.807) is 21.1 Å². The van der Waals surface area contributed by atoms with E-state index in [-0.39, 0.29) is 24.3 Å². The summed E-state index contributed by atoms with van der Waals surface area (Å²) >= 11 is 0. The first-order valence-corrected chi connectivity index (χ1v) is 11.6. The lowest BCUT2D eigenvalue weighted by Gasteiger charge is -2.37. The van der Waals surface area contributed by atoms with Gasteiger partial charge >= 0.3 is 5.97 Å². The van der Waals surface area contributed by atoms with Crippen LogP contribution in [0.2, 0.25) is 0 Å². The first-order chi connectivity index (χ1) is 16.4. The molecule has 0 amide bonds. The highest BCUT2D eigenvalue weighted by Gasteiger charge is 2.41. The molecule has 0 saturated heterocycles. The molecule has 0 unspecified atom stereocenters. The molecule has 6 heteroatoms. The van der Waals surface area contributed by atoms with Gasteiger partial charge in [-0.15, -0.1) is 0 Å². The average Bonchev–Trinajstić information content (AvgIpc) is 2.83. The molecule has 0 saturated carbocycles. The summed E-state index contributed by atoms with van der Waals surface area (Å²) in [5.41, 5.74) is 5.78. The zero-order chi connectivity index (χ0) is 24.4. The van der Waals surface area contributed by atoms with Crippen LogP contribution in [-0.4, -0.2) is 32.6 Å². The maximum Gasteiger partial charge on any atom is 0.336 e. The lowest BCUT2D eigenvalue weighted by atomic mass is 9.71. The highest BCUT2D eigenvalue weighted by Crippen LogP contribution is 2.47. The van der Waals surface area contributed by atoms with Crippen LogP contribution in [0.25, 0.3) is 0 Å². The molecule has 2 atom stereocenters. The number of aryl methyl sites for hydroxylation is 1.